The highest BCUT2D eigenvalue weighted by Gasteiger charge is 2.49. The van der Waals surface area contributed by atoms with E-state index in [2.05, 4.69) is 10.6 Å². The first-order valence-corrected chi connectivity index (χ1v) is 11.0. The maximum Gasteiger partial charge on any atom is 0.337 e. The summed E-state index contributed by atoms with van der Waals surface area (Å²) < 4.78 is 20.5. The average molecular weight is 462 g/mol. The molecule has 0 saturated carbocycles. The summed E-state index contributed by atoms with van der Waals surface area (Å²) in [5.74, 6) is -1.24. The van der Waals surface area contributed by atoms with E-state index in [1.165, 1.54) is 24.3 Å². The third kappa shape index (κ3) is 3.89. The van der Waals surface area contributed by atoms with Crippen LogP contribution in [0, 0.1) is 5.82 Å². The van der Waals surface area contributed by atoms with Gasteiger partial charge in [0.1, 0.15) is 23.2 Å². The first-order valence-electron chi connectivity index (χ1n) is 10.6. The smallest absolute Gasteiger partial charge is 0.337 e. The van der Waals surface area contributed by atoms with Gasteiger partial charge in [0.25, 0.3) is 0 Å². The molecule has 32 heavy (non-hydrogen) atoms. The fourth-order valence-corrected chi connectivity index (χ4v) is 4.75. The largest absolute Gasteiger partial charge is 0.489 e. The quantitative estimate of drug-likeness (QED) is 0.593. The summed E-state index contributed by atoms with van der Waals surface area (Å²) in [5.41, 5.74) is 0.758. The molecule has 0 spiro atoms. The molecule has 0 aromatic heterocycles. The van der Waals surface area contributed by atoms with E-state index in [4.69, 9.17) is 21.4 Å². The fraction of sp³-hybridized carbons (Fsp3) is 0.391. The minimum absolute atomic E-state index is 0.00884. The monoisotopic (exact) mass is 461 g/mol. The summed E-state index contributed by atoms with van der Waals surface area (Å²) in [6, 6.07) is 7.28. The van der Waals surface area contributed by atoms with Gasteiger partial charge in [-0.2, -0.15) is 0 Å². The number of carbonyl (C=O) groups excluding carboxylic acids is 1. The molecular formula is C23H25ClFN3O4. The summed E-state index contributed by atoms with van der Waals surface area (Å²) >= 11 is 6.06. The lowest BCUT2D eigenvalue weighted by molar-refractivity contribution is -0.128. The second kappa shape index (κ2) is 8.60. The highest BCUT2D eigenvalue weighted by Crippen LogP contribution is 2.45. The predicted octanol–water partition coefficient (Wildman–Crippen LogP) is 4.32. The summed E-state index contributed by atoms with van der Waals surface area (Å²) in [5, 5.41) is 15.3. The molecule has 0 unspecified atom stereocenters. The van der Waals surface area contributed by atoms with Crippen molar-refractivity contribution < 1.29 is 23.8 Å². The highest BCUT2D eigenvalue weighted by molar-refractivity contribution is 6.33. The van der Waals surface area contributed by atoms with E-state index in [0.29, 0.717) is 42.3 Å². The van der Waals surface area contributed by atoms with Crippen LogP contribution in [0.25, 0.3) is 0 Å². The van der Waals surface area contributed by atoms with Gasteiger partial charge in [-0.1, -0.05) is 11.6 Å². The van der Waals surface area contributed by atoms with E-state index in [1.54, 1.807) is 6.07 Å². The van der Waals surface area contributed by atoms with E-state index < -0.39 is 17.3 Å². The number of carboxylic acid groups (broad SMARTS) is 1. The van der Waals surface area contributed by atoms with Crippen LogP contribution in [0.2, 0.25) is 5.02 Å². The molecule has 4 rings (SSSR count). The molecule has 2 atom stereocenters. The second-order valence-corrected chi connectivity index (χ2v) is 8.61. The zero-order chi connectivity index (χ0) is 23.0. The lowest BCUT2D eigenvalue weighted by Crippen LogP contribution is -2.54. The number of amides is 1. The van der Waals surface area contributed by atoms with Crippen LogP contribution in [0.3, 0.4) is 0 Å². The maximum absolute atomic E-state index is 14.4. The minimum atomic E-state index is -1.10. The molecular weight excluding hydrogens is 437 g/mol. The van der Waals surface area contributed by atoms with Gasteiger partial charge in [-0.25, -0.2) is 9.18 Å². The van der Waals surface area contributed by atoms with Crippen LogP contribution in [0.5, 0.6) is 5.75 Å². The third-order valence-electron chi connectivity index (χ3n) is 6.16. The number of ether oxygens (including phenoxy) is 1. The third-order valence-corrected chi connectivity index (χ3v) is 6.47. The highest BCUT2D eigenvalue weighted by atomic mass is 35.5. The van der Waals surface area contributed by atoms with Crippen molar-refractivity contribution >= 4 is 34.9 Å². The van der Waals surface area contributed by atoms with Gasteiger partial charge in [-0.15, -0.1) is 0 Å². The molecule has 3 N–H and O–H groups in total. The number of likely N-dealkylation sites (tertiary alicyclic amines) is 1. The number of nitrogens with zero attached hydrogens (tertiary/aromatic N) is 1. The zero-order valence-electron chi connectivity index (χ0n) is 17.9. The van der Waals surface area contributed by atoms with Crippen molar-refractivity contribution in [2.45, 2.75) is 38.3 Å². The summed E-state index contributed by atoms with van der Waals surface area (Å²) in [4.78, 5) is 26.3. The van der Waals surface area contributed by atoms with E-state index in [9.17, 15) is 14.0 Å². The van der Waals surface area contributed by atoms with Crippen LogP contribution in [-0.2, 0) is 10.3 Å². The Labute approximate surface area is 190 Å². The van der Waals surface area contributed by atoms with Gasteiger partial charge < -0.3 is 20.5 Å². The van der Waals surface area contributed by atoms with Crippen molar-refractivity contribution in [2.24, 2.45) is 0 Å². The molecule has 0 aliphatic carbocycles. The van der Waals surface area contributed by atoms with Gasteiger partial charge >= 0.3 is 5.97 Å². The van der Waals surface area contributed by atoms with Gasteiger partial charge in [-0.3, -0.25) is 9.69 Å². The van der Waals surface area contributed by atoms with E-state index >= 15 is 0 Å². The van der Waals surface area contributed by atoms with Gasteiger partial charge in [0.05, 0.1) is 22.0 Å². The molecule has 2 aliphatic heterocycles. The number of hydrogen-bond donors (Lipinski definition) is 3. The van der Waals surface area contributed by atoms with Gasteiger partial charge in [-0.05, 0) is 63.6 Å². The minimum Gasteiger partial charge on any atom is -0.489 e. The lowest BCUT2D eigenvalue weighted by Gasteiger charge is -2.42. The van der Waals surface area contributed by atoms with Crippen LogP contribution in [0.1, 0.15) is 42.6 Å². The first kappa shape index (κ1) is 22.4. The average Bonchev–Trinajstić information content (AvgIpc) is 3.00. The van der Waals surface area contributed by atoms with Crippen molar-refractivity contribution in [3.63, 3.8) is 0 Å². The van der Waals surface area contributed by atoms with Crippen LogP contribution in [0.4, 0.5) is 15.8 Å². The van der Waals surface area contributed by atoms with Crippen LogP contribution in [-0.4, -0.2) is 47.6 Å². The summed E-state index contributed by atoms with van der Waals surface area (Å²) in [6.07, 6.45) is 1.33. The molecule has 2 aromatic carbocycles. The molecule has 170 valence electrons. The van der Waals surface area contributed by atoms with Gasteiger partial charge in [0.15, 0.2) is 0 Å². The second-order valence-electron chi connectivity index (χ2n) is 8.21. The number of rotatable bonds is 6. The number of halogens is 2. The standard InChI is InChI=1S/C23H25ClFN3O4/c1-3-26-19-10-13(25)9-17-20(19)27-22(31)23(17,2)28-8-4-5-15(12-28)32-14-6-7-16(21(29)30)18(24)11-14/h6-7,9-11,15,26H,3-5,8,12H2,1-2H3,(H,27,31)(H,29,30)/t15-,23-/m1/s1. The molecule has 0 bridgehead atoms. The number of fused-ring (bicyclic) bond motifs is 1. The molecule has 2 aromatic rings. The van der Waals surface area contributed by atoms with Gasteiger partial charge in [0, 0.05) is 18.7 Å². The molecule has 7 nitrogen and oxygen atoms in total. The molecule has 2 aliphatic rings. The Morgan fingerprint density at radius 2 is 2.19 bits per heavy atom. The van der Waals surface area contributed by atoms with Crippen LogP contribution < -0.4 is 15.4 Å². The molecule has 9 heteroatoms. The van der Waals surface area contributed by atoms with Crippen LogP contribution >= 0.6 is 11.6 Å². The molecule has 1 fully saturated rings. The maximum atomic E-state index is 14.4. The summed E-state index contributed by atoms with van der Waals surface area (Å²) in [6.45, 7) is 5.44. The fourth-order valence-electron chi connectivity index (χ4n) is 4.50. The number of carboxylic acids is 1. The van der Waals surface area contributed by atoms with Crippen molar-refractivity contribution in [1.82, 2.24) is 4.90 Å². The Bertz CT molecular complexity index is 1080. The number of anilines is 2. The topological polar surface area (TPSA) is 90.9 Å². The molecule has 1 saturated heterocycles. The Morgan fingerprint density at radius 3 is 2.88 bits per heavy atom. The Hall–Kier alpha value is -2.84. The van der Waals surface area contributed by atoms with E-state index in [1.807, 2.05) is 18.7 Å². The predicted molar refractivity (Wildman–Crippen MR) is 120 cm³/mol. The Balaban J connectivity index is 1.58. The molecule has 1 amide bonds. The number of hydrogen-bond acceptors (Lipinski definition) is 5. The van der Waals surface area contributed by atoms with E-state index in [-0.39, 0.29) is 22.6 Å². The molecule has 2 heterocycles. The van der Waals surface area contributed by atoms with Crippen LogP contribution in [0.15, 0.2) is 30.3 Å². The lowest BCUT2D eigenvalue weighted by atomic mass is 9.88. The number of nitrogens with one attached hydrogen (secondary N) is 2. The van der Waals surface area contributed by atoms with Crippen molar-refractivity contribution in [3.8, 4) is 5.75 Å². The van der Waals surface area contributed by atoms with E-state index in [0.717, 1.165) is 12.8 Å². The molecule has 0 radical (unpaired) electrons. The SMILES string of the molecule is CCNc1cc(F)cc2c1NC(=O)[C@]2(C)N1CCC[C@@H](Oc2ccc(C(=O)O)c(Cl)c2)C1. The summed E-state index contributed by atoms with van der Waals surface area (Å²) in [7, 11) is 0. The zero-order valence-corrected chi connectivity index (χ0v) is 18.6. The van der Waals surface area contributed by atoms with Crippen molar-refractivity contribution in [1.29, 1.82) is 0 Å². The van der Waals surface area contributed by atoms with Crippen molar-refractivity contribution in [3.05, 3.63) is 52.3 Å². The normalized spacial score (nSPS) is 22.9. The first-order chi connectivity index (χ1) is 15.2. The number of benzene rings is 2. The Kier molecular flexibility index (Phi) is 6.01. The Morgan fingerprint density at radius 1 is 1.41 bits per heavy atom. The van der Waals surface area contributed by atoms with Gasteiger partial charge in [0.2, 0.25) is 5.91 Å². The number of aromatic carboxylic acids is 1. The van der Waals surface area contributed by atoms with Crippen molar-refractivity contribution in [2.75, 3.05) is 30.3 Å². The number of piperidine rings is 1. The number of carbonyl (C=O) groups is 2.